The molecule has 0 spiro atoms. The van der Waals surface area contributed by atoms with Gasteiger partial charge in [-0.15, -0.1) is 6.58 Å². The lowest BCUT2D eigenvalue weighted by atomic mass is 10.1. The van der Waals surface area contributed by atoms with Crippen LogP contribution in [0.25, 0.3) is 12.2 Å². The SMILES string of the molecule is C=CCN(C(=O)OC)c1ccccc1C=Cc1ccc(C)cc1. The molecule has 0 aliphatic heterocycles. The lowest BCUT2D eigenvalue weighted by molar-refractivity contribution is 0.179. The third-order valence-corrected chi connectivity index (χ3v) is 3.47. The molecule has 0 aliphatic rings. The summed E-state index contributed by atoms with van der Waals surface area (Å²) in [4.78, 5) is 13.6. The van der Waals surface area contributed by atoms with Gasteiger partial charge in [-0.1, -0.05) is 66.3 Å². The lowest BCUT2D eigenvalue weighted by Crippen LogP contribution is -2.31. The topological polar surface area (TPSA) is 29.5 Å². The van der Waals surface area contributed by atoms with E-state index in [4.69, 9.17) is 4.74 Å². The van der Waals surface area contributed by atoms with Gasteiger partial charge in [0, 0.05) is 6.54 Å². The Labute approximate surface area is 137 Å². The predicted octanol–water partition coefficient (Wildman–Crippen LogP) is 4.92. The molecule has 3 nitrogen and oxygen atoms in total. The number of carbonyl (C=O) groups is 1. The quantitative estimate of drug-likeness (QED) is 0.579. The van der Waals surface area contributed by atoms with Gasteiger partial charge in [0.05, 0.1) is 12.8 Å². The van der Waals surface area contributed by atoms with Crippen molar-refractivity contribution < 1.29 is 9.53 Å². The molecule has 0 atom stereocenters. The summed E-state index contributed by atoms with van der Waals surface area (Å²) in [7, 11) is 1.38. The van der Waals surface area contributed by atoms with Crippen LogP contribution in [0, 0.1) is 6.92 Å². The van der Waals surface area contributed by atoms with E-state index in [-0.39, 0.29) is 0 Å². The lowest BCUT2D eigenvalue weighted by Gasteiger charge is -2.21. The molecular formula is C20H21NO2. The van der Waals surface area contributed by atoms with E-state index in [0.717, 1.165) is 16.8 Å². The van der Waals surface area contributed by atoms with Crippen LogP contribution in [0.3, 0.4) is 0 Å². The summed E-state index contributed by atoms with van der Waals surface area (Å²) in [6.45, 7) is 6.16. The van der Waals surface area contributed by atoms with Crippen molar-refractivity contribution in [1.82, 2.24) is 0 Å². The van der Waals surface area contributed by atoms with Crippen LogP contribution in [0.5, 0.6) is 0 Å². The summed E-state index contributed by atoms with van der Waals surface area (Å²) in [6.07, 6.45) is 5.30. The molecule has 0 aromatic heterocycles. The number of amides is 1. The number of hydrogen-bond donors (Lipinski definition) is 0. The molecule has 2 rings (SSSR count). The van der Waals surface area contributed by atoms with Crippen LogP contribution < -0.4 is 4.90 Å². The predicted molar refractivity (Wildman–Crippen MR) is 96.5 cm³/mol. The second-order valence-corrected chi connectivity index (χ2v) is 5.17. The van der Waals surface area contributed by atoms with Gasteiger partial charge in [0.25, 0.3) is 0 Å². The molecular weight excluding hydrogens is 286 g/mol. The van der Waals surface area contributed by atoms with Crippen LogP contribution in [0.1, 0.15) is 16.7 Å². The van der Waals surface area contributed by atoms with E-state index >= 15 is 0 Å². The van der Waals surface area contributed by atoms with Crippen molar-refractivity contribution in [3.05, 3.63) is 77.9 Å². The Morgan fingerprint density at radius 1 is 1.13 bits per heavy atom. The highest BCUT2D eigenvalue weighted by atomic mass is 16.5. The number of carbonyl (C=O) groups excluding carboxylic acids is 1. The summed E-state index contributed by atoms with van der Waals surface area (Å²) in [5.41, 5.74) is 4.08. The van der Waals surface area contributed by atoms with E-state index in [1.54, 1.807) is 11.0 Å². The number of methoxy groups -OCH3 is 1. The van der Waals surface area contributed by atoms with Gasteiger partial charge in [-0.2, -0.15) is 0 Å². The number of ether oxygens (including phenoxy) is 1. The summed E-state index contributed by atoms with van der Waals surface area (Å²) < 4.78 is 4.87. The number of aryl methyl sites for hydroxylation is 1. The van der Waals surface area contributed by atoms with Gasteiger partial charge in [-0.25, -0.2) is 4.79 Å². The molecule has 2 aromatic carbocycles. The molecule has 118 valence electrons. The molecule has 2 aromatic rings. The Morgan fingerprint density at radius 3 is 2.48 bits per heavy atom. The fraction of sp³-hybridized carbons (Fsp3) is 0.150. The second kappa shape index (κ2) is 7.99. The molecule has 23 heavy (non-hydrogen) atoms. The fourth-order valence-electron chi connectivity index (χ4n) is 2.25. The second-order valence-electron chi connectivity index (χ2n) is 5.17. The zero-order valence-corrected chi connectivity index (χ0v) is 13.5. The summed E-state index contributed by atoms with van der Waals surface area (Å²) >= 11 is 0. The molecule has 0 saturated heterocycles. The number of benzene rings is 2. The number of anilines is 1. The summed E-state index contributed by atoms with van der Waals surface area (Å²) in [5, 5.41) is 0. The van der Waals surface area contributed by atoms with Gasteiger partial charge in [-0.05, 0) is 24.1 Å². The zero-order valence-electron chi connectivity index (χ0n) is 13.5. The van der Waals surface area contributed by atoms with E-state index in [0.29, 0.717) is 6.54 Å². The Kier molecular flexibility index (Phi) is 5.75. The Morgan fingerprint density at radius 2 is 1.83 bits per heavy atom. The normalized spacial score (nSPS) is 10.5. The van der Waals surface area contributed by atoms with Crippen molar-refractivity contribution in [1.29, 1.82) is 0 Å². The monoisotopic (exact) mass is 307 g/mol. The Balaban J connectivity index is 2.34. The van der Waals surface area contributed by atoms with E-state index < -0.39 is 6.09 Å². The smallest absolute Gasteiger partial charge is 0.414 e. The molecule has 0 N–H and O–H groups in total. The molecule has 1 amide bonds. The van der Waals surface area contributed by atoms with Gasteiger partial charge in [0.1, 0.15) is 0 Å². The van der Waals surface area contributed by atoms with Crippen LogP contribution in [0.4, 0.5) is 10.5 Å². The Bertz CT molecular complexity index is 702. The third-order valence-electron chi connectivity index (χ3n) is 3.47. The molecule has 0 aliphatic carbocycles. The van der Waals surface area contributed by atoms with Crippen molar-refractivity contribution in [3.63, 3.8) is 0 Å². The van der Waals surface area contributed by atoms with Crippen molar-refractivity contribution in [2.24, 2.45) is 0 Å². The van der Waals surface area contributed by atoms with Crippen LogP contribution >= 0.6 is 0 Å². The summed E-state index contributed by atoms with van der Waals surface area (Å²) in [6, 6.07) is 16.0. The number of para-hydroxylation sites is 1. The summed E-state index contributed by atoms with van der Waals surface area (Å²) in [5.74, 6) is 0. The molecule has 0 saturated carbocycles. The van der Waals surface area contributed by atoms with Gasteiger partial charge >= 0.3 is 6.09 Å². The zero-order chi connectivity index (χ0) is 16.7. The average molecular weight is 307 g/mol. The average Bonchev–Trinajstić information content (AvgIpc) is 2.59. The van der Waals surface area contributed by atoms with Gasteiger partial charge in [0.2, 0.25) is 0 Å². The first-order valence-electron chi connectivity index (χ1n) is 7.46. The van der Waals surface area contributed by atoms with Crippen molar-refractivity contribution >= 4 is 23.9 Å². The van der Waals surface area contributed by atoms with Gasteiger partial charge < -0.3 is 4.74 Å². The minimum Gasteiger partial charge on any atom is -0.452 e. The molecule has 0 heterocycles. The number of rotatable bonds is 5. The van der Waals surface area contributed by atoms with Gasteiger partial charge in [-0.3, -0.25) is 4.90 Å². The molecule has 0 bridgehead atoms. The van der Waals surface area contributed by atoms with Gasteiger partial charge in [0.15, 0.2) is 0 Å². The molecule has 0 radical (unpaired) electrons. The highest BCUT2D eigenvalue weighted by molar-refractivity contribution is 5.92. The van der Waals surface area contributed by atoms with Crippen LogP contribution in [-0.4, -0.2) is 19.7 Å². The highest BCUT2D eigenvalue weighted by Crippen LogP contribution is 2.23. The maximum absolute atomic E-state index is 12.0. The molecule has 0 unspecified atom stereocenters. The maximum atomic E-state index is 12.0. The first-order chi connectivity index (χ1) is 11.2. The standard InChI is InChI=1S/C20H21NO2/c1-4-15-21(20(22)23-3)19-8-6-5-7-18(19)14-13-17-11-9-16(2)10-12-17/h4-14H,1,15H2,2-3H3. The van der Waals surface area contributed by atoms with E-state index in [9.17, 15) is 4.79 Å². The van der Waals surface area contributed by atoms with Crippen LogP contribution in [-0.2, 0) is 4.74 Å². The molecule has 0 fully saturated rings. The first-order valence-corrected chi connectivity index (χ1v) is 7.46. The minimum atomic E-state index is -0.402. The van der Waals surface area contributed by atoms with Crippen molar-refractivity contribution in [3.8, 4) is 0 Å². The van der Waals surface area contributed by atoms with Crippen molar-refractivity contribution in [2.45, 2.75) is 6.92 Å². The maximum Gasteiger partial charge on any atom is 0.414 e. The van der Waals surface area contributed by atoms with E-state index in [2.05, 4.69) is 37.8 Å². The first kappa shape index (κ1) is 16.6. The largest absolute Gasteiger partial charge is 0.452 e. The number of hydrogen-bond acceptors (Lipinski definition) is 2. The Hall–Kier alpha value is -2.81. The molecule has 3 heteroatoms. The number of nitrogens with zero attached hydrogens (tertiary/aromatic N) is 1. The van der Waals surface area contributed by atoms with E-state index in [1.807, 2.05) is 36.4 Å². The highest BCUT2D eigenvalue weighted by Gasteiger charge is 2.16. The van der Waals surface area contributed by atoms with Crippen LogP contribution in [0.15, 0.2) is 61.2 Å². The minimum absolute atomic E-state index is 0.391. The van der Waals surface area contributed by atoms with Crippen LogP contribution in [0.2, 0.25) is 0 Å². The van der Waals surface area contributed by atoms with E-state index in [1.165, 1.54) is 12.7 Å². The van der Waals surface area contributed by atoms with Crippen molar-refractivity contribution in [2.75, 3.05) is 18.6 Å². The fourth-order valence-corrected chi connectivity index (χ4v) is 2.25. The third kappa shape index (κ3) is 4.33.